The predicted octanol–water partition coefficient (Wildman–Crippen LogP) is 4.13. The normalized spacial score (nSPS) is 11.0. The highest BCUT2D eigenvalue weighted by molar-refractivity contribution is 5.64. The van der Waals surface area contributed by atoms with Crippen molar-refractivity contribution >= 4 is 0 Å². The lowest BCUT2D eigenvalue weighted by Gasteiger charge is -2.10. The van der Waals surface area contributed by atoms with Gasteiger partial charge < -0.3 is 5.32 Å². The van der Waals surface area contributed by atoms with Crippen molar-refractivity contribution in [3.8, 4) is 11.1 Å². The third-order valence-electron chi connectivity index (χ3n) is 2.92. The second-order valence-electron chi connectivity index (χ2n) is 4.85. The molecule has 1 N–H and O–H groups in total. The van der Waals surface area contributed by atoms with Crippen LogP contribution < -0.4 is 5.32 Å². The molecule has 0 heterocycles. The minimum atomic E-state index is -0.271. The standard InChI is InChI=1S/C16H17F2N/c1-11(2)19-10-14-9-13(5-8-16(14)18)12-3-6-15(17)7-4-12/h3-9,11,19H,10H2,1-2H3. The molecule has 100 valence electrons. The summed E-state index contributed by atoms with van der Waals surface area (Å²) >= 11 is 0. The molecule has 0 unspecified atom stereocenters. The van der Waals surface area contributed by atoms with Crippen LogP contribution in [-0.4, -0.2) is 6.04 Å². The van der Waals surface area contributed by atoms with Crippen molar-refractivity contribution in [1.82, 2.24) is 5.32 Å². The molecule has 0 fully saturated rings. The maximum atomic E-state index is 13.7. The molecule has 0 saturated carbocycles. The SMILES string of the molecule is CC(C)NCc1cc(-c2ccc(F)cc2)ccc1F. The molecule has 0 amide bonds. The van der Waals surface area contributed by atoms with Crippen LogP contribution in [0.4, 0.5) is 8.78 Å². The molecule has 0 radical (unpaired) electrons. The van der Waals surface area contributed by atoms with Gasteiger partial charge in [0, 0.05) is 18.2 Å². The fourth-order valence-corrected chi connectivity index (χ4v) is 1.85. The molecule has 0 aliphatic carbocycles. The van der Waals surface area contributed by atoms with Gasteiger partial charge in [-0.05, 0) is 35.4 Å². The zero-order chi connectivity index (χ0) is 13.8. The van der Waals surface area contributed by atoms with E-state index in [2.05, 4.69) is 5.32 Å². The number of hydrogen-bond donors (Lipinski definition) is 1. The lowest BCUT2D eigenvalue weighted by atomic mass is 10.0. The van der Waals surface area contributed by atoms with Crippen LogP contribution >= 0.6 is 0 Å². The summed E-state index contributed by atoms with van der Waals surface area (Å²) in [6, 6.07) is 11.5. The molecule has 0 bridgehead atoms. The van der Waals surface area contributed by atoms with Gasteiger partial charge in [0.05, 0.1) is 0 Å². The minimum absolute atomic E-state index is 0.223. The molecule has 2 aromatic rings. The van der Waals surface area contributed by atoms with Crippen LogP contribution in [0.3, 0.4) is 0 Å². The Morgan fingerprint density at radius 2 is 1.58 bits per heavy atom. The molecule has 0 aliphatic heterocycles. The van der Waals surface area contributed by atoms with E-state index >= 15 is 0 Å². The summed E-state index contributed by atoms with van der Waals surface area (Å²) in [7, 11) is 0. The minimum Gasteiger partial charge on any atom is -0.310 e. The van der Waals surface area contributed by atoms with Gasteiger partial charge in [0.1, 0.15) is 11.6 Å². The molecular formula is C16H17F2N. The summed E-state index contributed by atoms with van der Waals surface area (Å²) in [4.78, 5) is 0. The maximum Gasteiger partial charge on any atom is 0.127 e. The van der Waals surface area contributed by atoms with Crippen LogP contribution in [0.2, 0.25) is 0 Å². The van der Waals surface area contributed by atoms with Gasteiger partial charge in [-0.1, -0.05) is 32.0 Å². The van der Waals surface area contributed by atoms with Crippen molar-refractivity contribution in [2.45, 2.75) is 26.4 Å². The molecule has 0 aromatic heterocycles. The fourth-order valence-electron chi connectivity index (χ4n) is 1.85. The van der Waals surface area contributed by atoms with Crippen molar-refractivity contribution in [3.05, 3.63) is 59.7 Å². The zero-order valence-electron chi connectivity index (χ0n) is 11.1. The van der Waals surface area contributed by atoms with Crippen molar-refractivity contribution in [2.24, 2.45) is 0 Å². The molecule has 1 nitrogen and oxygen atoms in total. The molecule has 0 saturated heterocycles. The van der Waals surface area contributed by atoms with Gasteiger partial charge in [-0.3, -0.25) is 0 Å². The van der Waals surface area contributed by atoms with Gasteiger partial charge in [-0.25, -0.2) is 8.78 Å². The summed E-state index contributed by atoms with van der Waals surface area (Å²) in [5, 5.41) is 3.19. The topological polar surface area (TPSA) is 12.0 Å². The largest absolute Gasteiger partial charge is 0.310 e. The van der Waals surface area contributed by atoms with Gasteiger partial charge in [0.2, 0.25) is 0 Å². The van der Waals surface area contributed by atoms with Gasteiger partial charge in [-0.2, -0.15) is 0 Å². The number of hydrogen-bond acceptors (Lipinski definition) is 1. The van der Waals surface area contributed by atoms with E-state index in [1.165, 1.54) is 18.2 Å². The molecule has 0 aliphatic rings. The van der Waals surface area contributed by atoms with Crippen LogP contribution in [0.5, 0.6) is 0 Å². The Kier molecular flexibility index (Phi) is 4.27. The van der Waals surface area contributed by atoms with Gasteiger partial charge in [-0.15, -0.1) is 0 Å². The summed E-state index contributed by atoms with van der Waals surface area (Å²) in [5.41, 5.74) is 2.39. The van der Waals surface area contributed by atoms with Crippen molar-refractivity contribution in [2.75, 3.05) is 0 Å². The third-order valence-corrected chi connectivity index (χ3v) is 2.92. The highest BCUT2D eigenvalue weighted by atomic mass is 19.1. The molecule has 3 heteroatoms. The summed E-state index contributed by atoms with van der Waals surface area (Å²) < 4.78 is 26.6. The molecule has 19 heavy (non-hydrogen) atoms. The Morgan fingerprint density at radius 3 is 2.21 bits per heavy atom. The van der Waals surface area contributed by atoms with Crippen LogP contribution in [-0.2, 0) is 6.54 Å². The second kappa shape index (κ2) is 5.93. The predicted molar refractivity (Wildman–Crippen MR) is 73.8 cm³/mol. The van der Waals surface area contributed by atoms with Crippen LogP contribution in [0.15, 0.2) is 42.5 Å². The van der Waals surface area contributed by atoms with E-state index in [9.17, 15) is 8.78 Å². The number of nitrogens with one attached hydrogen (secondary N) is 1. The maximum absolute atomic E-state index is 13.7. The quantitative estimate of drug-likeness (QED) is 0.872. The fraction of sp³-hybridized carbons (Fsp3) is 0.250. The van der Waals surface area contributed by atoms with Gasteiger partial charge in [0.15, 0.2) is 0 Å². The zero-order valence-corrected chi connectivity index (χ0v) is 11.1. The smallest absolute Gasteiger partial charge is 0.127 e. The Bertz CT molecular complexity index is 547. The Labute approximate surface area is 112 Å². The highest BCUT2D eigenvalue weighted by Gasteiger charge is 2.06. The monoisotopic (exact) mass is 261 g/mol. The van der Waals surface area contributed by atoms with E-state index in [0.717, 1.165) is 11.1 Å². The van der Waals surface area contributed by atoms with E-state index in [-0.39, 0.29) is 11.6 Å². The first-order valence-corrected chi connectivity index (χ1v) is 6.34. The van der Waals surface area contributed by atoms with E-state index in [1.807, 2.05) is 13.8 Å². The third kappa shape index (κ3) is 3.61. The number of halogens is 2. The Balaban J connectivity index is 2.27. The Hall–Kier alpha value is -1.74. The molecule has 0 spiro atoms. The van der Waals surface area contributed by atoms with E-state index in [4.69, 9.17) is 0 Å². The highest BCUT2D eigenvalue weighted by Crippen LogP contribution is 2.22. The molecule has 0 atom stereocenters. The van der Waals surface area contributed by atoms with Gasteiger partial charge >= 0.3 is 0 Å². The average molecular weight is 261 g/mol. The van der Waals surface area contributed by atoms with Crippen molar-refractivity contribution in [1.29, 1.82) is 0 Å². The first-order valence-electron chi connectivity index (χ1n) is 6.34. The summed E-state index contributed by atoms with van der Waals surface area (Å²) in [5.74, 6) is -0.494. The van der Waals surface area contributed by atoms with Crippen molar-refractivity contribution < 1.29 is 8.78 Å². The number of rotatable bonds is 4. The van der Waals surface area contributed by atoms with Crippen LogP contribution in [0.1, 0.15) is 19.4 Å². The number of benzene rings is 2. The molecule has 2 aromatic carbocycles. The second-order valence-corrected chi connectivity index (χ2v) is 4.85. The van der Waals surface area contributed by atoms with E-state index in [1.54, 1.807) is 24.3 Å². The first-order chi connectivity index (χ1) is 9.06. The van der Waals surface area contributed by atoms with Gasteiger partial charge in [0.25, 0.3) is 0 Å². The lowest BCUT2D eigenvalue weighted by molar-refractivity contribution is 0.553. The first kappa shape index (κ1) is 13.7. The average Bonchev–Trinajstić information content (AvgIpc) is 2.39. The Morgan fingerprint density at radius 1 is 0.947 bits per heavy atom. The van der Waals surface area contributed by atoms with Crippen molar-refractivity contribution in [3.63, 3.8) is 0 Å². The summed E-state index contributed by atoms with van der Waals surface area (Å²) in [6.45, 7) is 4.52. The lowest BCUT2D eigenvalue weighted by Crippen LogP contribution is -2.22. The molecule has 2 rings (SSSR count). The van der Waals surface area contributed by atoms with Crippen LogP contribution in [0, 0.1) is 11.6 Å². The van der Waals surface area contributed by atoms with E-state index in [0.29, 0.717) is 18.2 Å². The summed E-state index contributed by atoms with van der Waals surface area (Å²) in [6.07, 6.45) is 0. The van der Waals surface area contributed by atoms with Crippen LogP contribution in [0.25, 0.3) is 11.1 Å². The molecular weight excluding hydrogens is 244 g/mol. The van der Waals surface area contributed by atoms with E-state index < -0.39 is 0 Å².